The van der Waals surface area contributed by atoms with Crippen molar-refractivity contribution in [3.63, 3.8) is 0 Å². The van der Waals surface area contributed by atoms with E-state index in [1.807, 2.05) is 47.6 Å². The molecule has 7 rings (SSSR count). The minimum atomic E-state index is -0.326. The van der Waals surface area contributed by atoms with Crippen LogP contribution in [0.4, 0.5) is 10.5 Å². The lowest BCUT2D eigenvalue weighted by Crippen LogP contribution is -2.51. The zero-order valence-corrected chi connectivity index (χ0v) is 25.3. The lowest BCUT2D eigenvalue weighted by molar-refractivity contribution is -0.123. The monoisotopic (exact) mass is 603 g/mol. The van der Waals surface area contributed by atoms with E-state index in [0.717, 1.165) is 70.6 Å². The highest BCUT2D eigenvalue weighted by Crippen LogP contribution is 2.28. The van der Waals surface area contributed by atoms with E-state index in [0.29, 0.717) is 26.1 Å². The molecule has 0 spiro atoms. The summed E-state index contributed by atoms with van der Waals surface area (Å²) in [6, 6.07) is 16.0. The molecule has 230 valence electrons. The first-order valence-electron chi connectivity index (χ1n) is 15.5. The maximum absolute atomic E-state index is 13.6. The fourth-order valence-corrected chi connectivity index (χ4v) is 6.67. The number of aryl methyl sites for hydroxylation is 1. The molecule has 1 atom stereocenters. The Labute approximate surface area is 261 Å². The molecule has 1 unspecified atom stereocenters. The number of anilines is 1. The summed E-state index contributed by atoms with van der Waals surface area (Å²) in [6.07, 6.45) is 11.4. The molecule has 3 aromatic heterocycles. The average molecular weight is 604 g/mol. The van der Waals surface area contributed by atoms with Crippen LogP contribution in [0.25, 0.3) is 10.9 Å². The Hall–Kier alpha value is -5.03. The number of pyridine rings is 1. The molecular weight excluding hydrogens is 566 g/mol. The summed E-state index contributed by atoms with van der Waals surface area (Å²) < 4.78 is 2.09. The van der Waals surface area contributed by atoms with Crippen LogP contribution in [0.1, 0.15) is 47.0 Å². The predicted octanol–water partition coefficient (Wildman–Crippen LogP) is 4.42. The maximum atomic E-state index is 13.6. The van der Waals surface area contributed by atoms with E-state index in [1.165, 1.54) is 0 Å². The number of aromatic nitrogens is 5. The van der Waals surface area contributed by atoms with Gasteiger partial charge in [0.15, 0.2) is 0 Å². The smallest absolute Gasteiger partial charge is 0.322 e. The van der Waals surface area contributed by atoms with Crippen LogP contribution in [-0.2, 0) is 24.3 Å². The van der Waals surface area contributed by atoms with Crippen molar-refractivity contribution >= 4 is 28.5 Å². The van der Waals surface area contributed by atoms with Crippen molar-refractivity contribution in [2.75, 3.05) is 25.0 Å². The average Bonchev–Trinajstić information content (AvgIpc) is 3.71. The third kappa shape index (κ3) is 6.30. The van der Waals surface area contributed by atoms with E-state index in [4.69, 9.17) is 4.98 Å². The molecule has 3 N–H and O–H groups in total. The number of amides is 3. The lowest BCUT2D eigenvalue weighted by Gasteiger charge is -2.40. The molecule has 11 heteroatoms. The first-order valence-corrected chi connectivity index (χ1v) is 15.5. The highest BCUT2D eigenvalue weighted by atomic mass is 16.2. The number of nitrogens with one attached hydrogen (secondary N) is 3. The standard InChI is InChI=1S/C34H37N9O2/c1-23-16-25(17-27-19-37-40-32(23)27)18-30(33-36-12-15-42(33)20-24-6-10-35-11-7-24)38-31(44)22-41-13-8-28(9-14-41)43-21-26-4-2-3-5-29(26)39-34(43)45/h2-7,10-12,15-17,19,28,30H,8-9,13-14,18,20-22H2,1H3,(H,37,40)(H,38,44)(H,39,45). The molecular formula is C34H37N9O2. The van der Waals surface area contributed by atoms with Gasteiger partial charge >= 0.3 is 6.03 Å². The normalized spacial score (nSPS) is 16.4. The largest absolute Gasteiger partial charge is 0.345 e. The number of likely N-dealkylation sites (tertiary alicyclic amines) is 1. The Morgan fingerprint density at radius 1 is 1.07 bits per heavy atom. The van der Waals surface area contributed by atoms with Gasteiger partial charge in [0.25, 0.3) is 0 Å². The SMILES string of the molecule is Cc1cc(CC(NC(=O)CN2CCC(N3Cc4ccccc4NC3=O)CC2)c2nccn2Cc2ccncc2)cc2cn[nH]c12. The number of hydrogen-bond donors (Lipinski definition) is 3. The molecule has 3 amide bonds. The second kappa shape index (κ2) is 12.5. The van der Waals surface area contributed by atoms with Crippen molar-refractivity contribution in [1.82, 2.24) is 39.8 Å². The zero-order valence-electron chi connectivity index (χ0n) is 25.3. The van der Waals surface area contributed by atoms with Gasteiger partial charge in [-0.05, 0) is 72.7 Å². The Balaban J connectivity index is 1.03. The number of carbonyl (C=O) groups is 2. The molecule has 0 radical (unpaired) electrons. The van der Waals surface area contributed by atoms with Gasteiger partial charge in [0.2, 0.25) is 5.91 Å². The number of nitrogens with zero attached hydrogens (tertiary/aromatic N) is 6. The summed E-state index contributed by atoms with van der Waals surface area (Å²) in [5.41, 5.74) is 6.37. The molecule has 2 aliphatic rings. The Morgan fingerprint density at radius 2 is 1.89 bits per heavy atom. The number of H-pyrrole nitrogens is 1. The summed E-state index contributed by atoms with van der Waals surface area (Å²) in [5, 5.41) is 14.7. The minimum absolute atomic E-state index is 0.0392. The van der Waals surface area contributed by atoms with Crippen LogP contribution in [0.5, 0.6) is 0 Å². The fourth-order valence-electron chi connectivity index (χ4n) is 6.67. The summed E-state index contributed by atoms with van der Waals surface area (Å²) in [5.74, 6) is 0.767. The number of benzene rings is 2. The predicted molar refractivity (Wildman–Crippen MR) is 171 cm³/mol. The number of urea groups is 1. The molecule has 0 aliphatic carbocycles. The van der Waals surface area contributed by atoms with Gasteiger partial charge in [0.05, 0.1) is 24.3 Å². The van der Waals surface area contributed by atoms with E-state index in [2.05, 4.69) is 60.4 Å². The van der Waals surface area contributed by atoms with E-state index >= 15 is 0 Å². The summed E-state index contributed by atoms with van der Waals surface area (Å²) in [7, 11) is 0. The number of rotatable bonds is 9. The number of hydrogen-bond acceptors (Lipinski definition) is 6. The second-order valence-corrected chi connectivity index (χ2v) is 12.1. The molecule has 5 aromatic rings. The number of fused-ring (bicyclic) bond motifs is 2. The molecule has 0 saturated carbocycles. The van der Waals surface area contributed by atoms with E-state index in [-0.39, 0.29) is 24.0 Å². The van der Waals surface area contributed by atoms with E-state index in [9.17, 15) is 9.59 Å². The van der Waals surface area contributed by atoms with Crippen molar-refractivity contribution in [1.29, 1.82) is 0 Å². The first-order chi connectivity index (χ1) is 22.0. The summed E-state index contributed by atoms with van der Waals surface area (Å²) in [4.78, 5) is 39.4. The number of piperidine rings is 1. The van der Waals surface area contributed by atoms with Crippen LogP contribution in [0, 0.1) is 6.92 Å². The molecule has 2 aliphatic heterocycles. The zero-order chi connectivity index (χ0) is 30.8. The molecule has 1 saturated heterocycles. The maximum Gasteiger partial charge on any atom is 0.322 e. The number of carbonyl (C=O) groups excluding carboxylic acids is 2. The molecule has 11 nitrogen and oxygen atoms in total. The van der Waals surface area contributed by atoms with Crippen LogP contribution in [0.3, 0.4) is 0 Å². The molecule has 2 aromatic carbocycles. The van der Waals surface area contributed by atoms with Crippen molar-refractivity contribution in [3.05, 3.63) is 108 Å². The Kier molecular flexibility index (Phi) is 8.00. The van der Waals surface area contributed by atoms with Crippen LogP contribution in [0.15, 0.2) is 79.5 Å². The highest BCUT2D eigenvalue weighted by molar-refractivity contribution is 5.92. The van der Waals surface area contributed by atoms with Gasteiger partial charge in [-0.15, -0.1) is 0 Å². The number of aromatic amines is 1. The minimum Gasteiger partial charge on any atom is -0.345 e. The van der Waals surface area contributed by atoms with Gasteiger partial charge in [-0.3, -0.25) is 19.8 Å². The topological polar surface area (TPSA) is 124 Å². The van der Waals surface area contributed by atoms with Crippen molar-refractivity contribution in [3.8, 4) is 0 Å². The van der Waals surface area contributed by atoms with Gasteiger partial charge in [-0.1, -0.05) is 24.3 Å². The van der Waals surface area contributed by atoms with Gasteiger partial charge in [0, 0.05) is 68.1 Å². The first kappa shape index (κ1) is 28.7. The van der Waals surface area contributed by atoms with Crippen LogP contribution >= 0.6 is 0 Å². The number of para-hydroxylation sites is 1. The number of imidazole rings is 1. The fraction of sp³-hybridized carbons (Fsp3) is 0.324. The Morgan fingerprint density at radius 3 is 2.73 bits per heavy atom. The van der Waals surface area contributed by atoms with Crippen molar-refractivity contribution in [2.45, 2.75) is 51.4 Å². The third-order valence-electron chi connectivity index (χ3n) is 8.97. The molecule has 0 bridgehead atoms. The molecule has 1 fully saturated rings. The van der Waals surface area contributed by atoms with Crippen LogP contribution < -0.4 is 10.6 Å². The van der Waals surface area contributed by atoms with Gasteiger partial charge in [-0.2, -0.15) is 5.10 Å². The van der Waals surface area contributed by atoms with Gasteiger partial charge in [-0.25, -0.2) is 9.78 Å². The van der Waals surface area contributed by atoms with E-state index in [1.54, 1.807) is 18.6 Å². The molecule has 5 heterocycles. The summed E-state index contributed by atoms with van der Waals surface area (Å²) in [6.45, 7) is 5.11. The Bertz CT molecular complexity index is 1810. The summed E-state index contributed by atoms with van der Waals surface area (Å²) >= 11 is 0. The quantitative estimate of drug-likeness (QED) is 0.229. The van der Waals surface area contributed by atoms with Gasteiger partial charge in [0.1, 0.15) is 5.82 Å². The highest BCUT2D eigenvalue weighted by Gasteiger charge is 2.32. The van der Waals surface area contributed by atoms with Crippen molar-refractivity contribution in [2.24, 2.45) is 0 Å². The van der Waals surface area contributed by atoms with E-state index < -0.39 is 0 Å². The van der Waals surface area contributed by atoms with Crippen LogP contribution in [-0.4, -0.2) is 72.1 Å². The third-order valence-corrected chi connectivity index (χ3v) is 8.97. The van der Waals surface area contributed by atoms with Crippen LogP contribution in [0.2, 0.25) is 0 Å². The van der Waals surface area contributed by atoms with Gasteiger partial charge < -0.3 is 20.1 Å². The molecule has 45 heavy (non-hydrogen) atoms. The second-order valence-electron chi connectivity index (χ2n) is 12.1. The lowest BCUT2D eigenvalue weighted by atomic mass is 10.00. The van der Waals surface area contributed by atoms with Crippen molar-refractivity contribution < 1.29 is 9.59 Å².